The Labute approximate surface area is 189 Å². The molecule has 0 saturated heterocycles. The van der Waals surface area contributed by atoms with Gasteiger partial charge in [0.05, 0.1) is 0 Å². The lowest BCUT2D eigenvalue weighted by atomic mass is 9.86. The molecule has 35 heavy (non-hydrogen) atoms. The molecule has 0 radical (unpaired) electrons. The van der Waals surface area contributed by atoms with Gasteiger partial charge in [-0.15, -0.1) is 0 Å². The van der Waals surface area contributed by atoms with Crippen LogP contribution in [0.25, 0.3) is 0 Å². The van der Waals surface area contributed by atoms with E-state index in [4.69, 9.17) is 0 Å². The molecule has 16 heteroatoms. The lowest BCUT2D eigenvalue weighted by Crippen LogP contribution is -2.74. The maximum atomic E-state index is 13.8. The van der Waals surface area contributed by atoms with Crippen molar-refractivity contribution < 1.29 is 70.2 Å². The number of allylic oxidation sites excluding steroid dienone is 2. The largest absolute Gasteiger partial charge is 0.384 e. The Kier molecular flexibility index (Phi) is 10.1. The zero-order valence-electron chi connectivity index (χ0n) is 18.2. The van der Waals surface area contributed by atoms with Crippen LogP contribution in [0.3, 0.4) is 0 Å². The summed E-state index contributed by atoms with van der Waals surface area (Å²) < 4.78 is 219. The molecule has 0 atom stereocenters. The third-order valence-corrected chi connectivity index (χ3v) is 5.09. The predicted octanol–water partition coefficient (Wildman–Crippen LogP) is 9.40. The summed E-state index contributed by atoms with van der Waals surface area (Å²) in [7, 11) is 0. The highest BCUT2D eigenvalue weighted by atomic mass is 19.4. The Bertz CT molecular complexity index is 708. The van der Waals surface area contributed by atoms with Crippen molar-refractivity contribution in [3.05, 3.63) is 12.2 Å². The molecule has 210 valence electrons. The monoisotopic (exact) mass is 554 g/mol. The van der Waals surface area contributed by atoms with Crippen LogP contribution in [-0.2, 0) is 0 Å². The topological polar surface area (TPSA) is 0 Å². The minimum absolute atomic E-state index is 0.00406. The number of hydrogen-bond donors (Lipinski definition) is 0. The molecule has 0 unspecified atom stereocenters. The maximum absolute atomic E-state index is 13.8. The molecular formula is C19H22F16. The highest BCUT2D eigenvalue weighted by molar-refractivity contribution is 5.16. The number of rotatable bonds is 15. The zero-order valence-corrected chi connectivity index (χ0v) is 18.2. The third kappa shape index (κ3) is 5.49. The van der Waals surface area contributed by atoms with Gasteiger partial charge in [0.2, 0.25) is 0 Å². The van der Waals surface area contributed by atoms with E-state index in [-0.39, 0.29) is 18.9 Å². The first-order valence-electron chi connectivity index (χ1n) is 10.0. The van der Waals surface area contributed by atoms with Crippen LogP contribution in [0.2, 0.25) is 0 Å². The predicted molar refractivity (Wildman–Crippen MR) is 92.4 cm³/mol. The molecule has 0 aromatic rings. The molecule has 0 aliphatic carbocycles. The quantitative estimate of drug-likeness (QED) is 0.108. The van der Waals surface area contributed by atoms with Crippen LogP contribution in [0.5, 0.6) is 0 Å². The van der Waals surface area contributed by atoms with Gasteiger partial charge in [0.15, 0.2) is 0 Å². The average Bonchev–Trinajstić information content (AvgIpc) is 2.70. The summed E-state index contributed by atoms with van der Waals surface area (Å²) in [5.74, 6) is -60.4. The Morgan fingerprint density at radius 2 is 0.800 bits per heavy atom. The van der Waals surface area contributed by atoms with Crippen LogP contribution >= 0.6 is 0 Å². The van der Waals surface area contributed by atoms with Crippen molar-refractivity contribution >= 4 is 0 Å². The van der Waals surface area contributed by atoms with E-state index in [1.807, 2.05) is 0 Å². The zero-order chi connectivity index (χ0) is 28.4. The van der Waals surface area contributed by atoms with Gasteiger partial charge in [-0.1, -0.05) is 44.8 Å². The van der Waals surface area contributed by atoms with E-state index < -0.39 is 66.6 Å². The summed E-state index contributed by atoms with van der Waals surface area (Å²) >= 11 is 0. The molecule has 0 spiro atoms. The van der Waals surface area contributed by atoms with Gasteiger partial charge in [-0.3, -0.25) is 0 Å². The summed E-state index contributed by atoms with van der Waals surface area (Å²) in [5.41, 5.74) is 0. The lowest BCUT2D eigenvalue weighted by molar-refractivity contribution is -0.453. The van der Waals surface area contributed by atoms with Gasteiger partial charge in [-0.25, -0.2) is 0 Å². The molecule has 0 aliphatic heterocycles. The fourth-order valence-electron chi connectivity index (χ4n) is 2.75. The molecule has 0 heterocycles. The molecule has 0 aromatic carbocycles. The van der Waals surface area contributed by atoms with Crippen molar-refractivity contribution in [1.82, 2.24) is 0 Å². The van der Waals surface area contributed by atoms with Crippen molar-refractivity contribution in [1.29, 1.82) is 0 Å². The number of hydrogen-bond acceptors (Lipinski definition) is 0. The molecule has 0 amide bonds. The number of unbranched alkanes of at least 4 members (excludes halogenated alkanes) is 4. The highest BCUT2D eigenvalue weighted by Crippen LogP contribution is 2.64. The second-order valence-electron chi connectivity index (χ2n) is 7.79. The molecular weight excluding hydrogens is 532 g/mol. The van der Waals surface area contributed by atoms with Crippen LogP contribution in [-0.4, -0.2) is 47.4 Å². The van der Waals surface area contributed by atoms with Crippen molar-refractivity contribution in [3.8, 4) is 0 Å². The fourth-order valence-corrected chi connectivity index (χ4v) is 2.75. The van der Waals surface area contributed by atoms with Gasteiger partial charge in [-0.05, 0) is 13.3 Å². The Hall–Kier alpha value is -1.38. The van der Waals surface area contributed by atoms with Gasteiger partial charge in [0.25, 0.3) is 0 Å². The smallest absolute Gasteiger partial charge is 0.200 e. The normalized spacial score (nSPS) is 15.8. The van der Waals surface area contributed by atoms with E-state index in [0.29, 0.717) is 18.9 Å². The van der Waals surface area contributed by atoms with Crippen LogP contribution in [0.1, 0.15) is 58.8 Å². The van der Waals surface area contributed by atoms with Crippen molar-refractivity contribution in [2.24, 2.45) is 0 Å². The minimum Gasteiger partial charge on any atom is -0.200 e. The third-order valence-electron chi connectivity index (χ3n) is 5.09. The highest BCUT2D eigenvalue weighted by Gasteiger charge is 2.94. The summed E-state index contributed by atoms with van der Waals surface area (Å²) in [5, 5.41) is 0. The maximum Gasteiger partial charge on any atom is 0.384 e. The molecule has 0 bridgehead atoms. The van der Waals surface area contributed by atoms with E-state index in [1.165, 1.54) is 0 Å². The summed E-state index contributed by atoms with van der Waals surface area (Å²) in [6.45, 7) is 2.49. The average molecular weight is 554 g/mol. The molecule has 0 aliphatic rings. The molecule has 0 rings (SSSR count). The van der Waals surface area contributed by atoms with Crippen molar-refractivity contribution in [3.63, 3.8) is 0 Å². The van der Waals surface area contributed by atoms with E-state index in [1.54, 1.807) is 6.92 Å². The Balaban J connectivity index is 6.38. The Morgan fingerprint density at radius 3 is 1.17 bits per heavy atom. The van der Waals surface area contributed by atoms with E-state index in [0.717, 1.165) is 6.92 Å². The fraction of sp³-hybridized carbons (Fsp3) is 0.895. The van der Waals surface area contributed by atoms with Crippen LogP contribution in [0, 0.1) is 0 Å². The van der Waals surface area contributed by atoms with E-state index in [9.17, 15) is 70.2 Å². The van der Waals surface area contributed by atoms with Crippen molar-refractivity contribution in [2.45, 2.75) is 106 Å². The Morgan fingerprint density at radius 1 is 0.457 bits per heavy atom. The first kappa shape index (κ1) is 33.6. The van der Waals surface area contributed by atoms with Gasteiger partial charge in [-0.2, -0.15) is 70.2 Å². The molecule has 0 nitrogen and oxygen atoms in total. The number of halogens is 16. The van der Waals surface area contributed by atoms with Gasteiger partial charge >= 0.3 is 47.4 Å². The molecule has 0 fully saturated rings. The van der Waals surface area contributed by atoms with E-state index >= 15 is 0 Å². The SMILES string of the molecule is C/C=C/CC(F)(F)C(F)(F)C(F)(F)C(F)(F)C(F)(F)C(F)(F)C(F)(F)C(F)(F)CCCCCCC. The van der Waals surface area contributed by atoms with Crippen LogP contribution in [0.4, 0.5) is 70.2 Å². The number of alkyl halides is 16. The summed E-state index contributed by atoms with van der Waals surface area (Å²) in [6, 6.07) is 0. The van der Waals surface area contributed by atoms with Gasteiger partial charge in [0, 0.05) is 12.8 Å². The summed E-state index contributed by atoms with van der Waals surface area (Å²) in [4.78, 5) is 0. The summed E-state index contributed by atoms with van der Waals surface area (Å²) in [6.07, 6.45) is -4.59. The molecule has 0 aromatic heterocycles. The first-order valence-corrected chi connectivity index (χ1v) is 10.0. The lowest BCUT2D eigenvalue weighted by Gasteiger charge is -2.43. The van der Waals surface area contributed by atoms with Crippen molar-refractivity contribution in [2.75, 3.05) is 0 Å². The minimum atomic E-state index is -8.35. The second-order valence-corrected chi connectivity index (χ2v) is 7.79. The molecule has 0 saturated carbocycles. The standard InChI is InChI=1S/C19H22F16/c1-3-5-7-8-9-11-13(22,23)15(26,27)17(30,31)19(34,35)18(32,33)16(28,29)14(24,25)12(20,21)10-6-4-2/h4,6H,3,5,7-11H2,1-2H3/b6-4+. The van der Waals surface area contributed by atoms with Gasteiger partial charge in [0.1, 0.15) is 0 Å². The second kappa shape index (κ2) is 10.5. The van der Waals surface area contributed by atoms with Crippen LogP contribution in [0.15, 0.2) is 12.2 Å². The first-order chi connectivity index (χ1) is 15.4. The molecule has 0 N–H and O–H groups in total. The van der Waals surface area contributed by atoms with Gasteiger partial charge < -0.3 is 0 Å². The van der Waals surface area contributed by atoms with Crippen LogP contribution < -0.4 is 0 Å². The van der Waals surface area contributed by atoms with E-state index in [2.05, 4.69) is 0 Å².